The molecule has 0 unspecified atom stereocenters. The average molecular weight is 791 g/mol. The first-order valence-electron chi connectivity index (χ1n) is 20.9. The van der Waals surface area contributed by atoms with Gasteiger partial charge in [-0.25, -0.2) is 19.9 Å². The molecule has 0 aliphatic heterocycles. The first-order chi connectivity index (χ1) is 30.7. The van der Waals surface area contributed by atoms with E-state index in [9.17, 15) is 0 Å². The number of aromatic nitrogens is 4. The van der Waals surface area contributed by atoms with Gasteiger partial charge in [-0.3, -0.25) is 0 Å². The van der Waals surface area contributed by atoms with Gasteiger partial charge in [-0.05, 0) is 63.2 Å². The predicted molar refractivity (Wildman–Crippen MR) is 256 cm³/mol. The first-order valence-corrected chi connectivity index (χ1v) is 20.9. The zero-order chi connectivity index (χ0) is 41.2. The Labute approximate surface area is 360 Å². The van der Waals surface area contributed by atoms with Crippen molar-refractivity contribution in [2.45, 2.75) is 0 Å². The van der Waals surface area contributed by atoms with Gasteiger partial charge in [0.1, 0.15) is 0 Å². The maximum Gasteiger partial charge on any atom is 0.164 e. The van der Waals surface area contributed by atoms with Gasteiger partial charge in [0.25, 0.3) is 0 Å². The second-order valence-electron chi connectivity index (χ2n) is 15.4. The van der Waals surface area contributed by atoms with Crippen LogP contribution in [0.3, 0.4) is 0 Å². The van der Waals surface area contributed by atoms with Gasteiger partial charge in [0.15, 0.2) is 17.5 Å². The summed E-state index contributed by atoms with van der Waals surface area (Å²) in [4.78, 5) is 21.1. The molecule has 4 nitrogen and oxygen atoms in total. The van der Waals surface area contributed by atoms with Gasteiger partial charge in [-0.1, -0.05) is 206 Å². The lowest BCUT2D eigenvalue weighted by Gasteiger charge is -2.16. The summed E-state index contributed by atoms with van der Waals surface area (Å²) >= 11 is 0. The average Bonchev–Trinajstić information content (AvgIpc) is 3.37. The molecule has 62 heavy (non-hydrogen) atoms. The molecule has 0 atom stereocenters. The van der Waals surface area contributed by atoms with E-state index in [0.29, 0.717) is 17.5 Å². The van der Waals surface area contributed by atoms with Crippen molar-refractivity contribution < 1.29 is 0 Å². The molecule has 11 rings (SSSR count). The van der Waals surface area contributed by atoms with Gasteiger partial charge in [-0.2, -0.15) is 0 Å². The third-order valence-electron chi connectivity index (χ3n) is 11.5. The van der Waals surface area contributed by atoms with E-state index in [0.717, 1.165) is 77.6 Å². The molecule has 0 spiro atoms. The van der Waals surface area contributed by atoms with E-state index in [4.69, 9.17) is 19.9 Å². The minimum absolute atomic E-state index is 0.595. The van der Waals surface area contributed by atoms with Crippen molar-refractivity contribution in [3.05, 3.63) is 231 Å². The van der Waals surface area contributed by atoms with Gasteiger partial charge in [-0.15, -0.1) is 0 Å². The van der Waals surface area contributed by atoms with Gasteiger partial charge < -0.3 is 0 Å². The summed E-state index contributed by atoms with van der Waals surface area (Å²) in [6.45, 7) is 0. The number of pyridine rings is 1. The normalized spacial score (nSPS) is 11.2. The van der Waals surface area contributed by atoms with E-state index in [2.05, 4.69) is 200 Å². The highest BCUT2D eigenvalue weighted by Gasteiger charge is 2.19. The molecule has 290 valence electrons. The monoisotopic (exact) mass is 790 g/mol. The number of hydrogen-bond acceptors (Lipinski definition) is 4. The summed E-state index contributed by atoms with van der Waals surface area (Å²) in [6.07, 6.45) is 0. The van der Waals surface area contributed by atoms with Crippen LogP contribution in [0.4, 0.5) is 0 Å². The molecule has 2 aromatic heterocycles. The van der Waals surface area contributed by atoms with E-state index in [-0.39, 0.29) is 0 Å². The highest BCUT2D eigenvalue weighted by Crippen LogP contribution is 2.42. The van der Waals surface area contributed by atoms with E-state index >= 15 is 0 Å². The molecular formula is C58H38N4. The molecule has 0 amide bonds. The van der Waals surface area contributed by atoms with Crippen LogP contribution in [0.1, 0.15) is 0 Å². The first kappa shape index (κ1) is 36.7. The van der Waals surface area contributed by atoms with Crippen LogP contribution in [0, 0.1) is 0 Å². The van der Waals surface area contributed by atoms with E-state index in [1.807, 2.05) is 30.3 Å². The van der Waals surface area contributed by atoms with Crippen LogP contribution < -0.4 is 0 Å². The Morgan fingerprint density at radius 3 is 1.23 bits per heavy atom. The largest absolute Gasteiger partial charge is 0.246 e. The summed E-state index contributed by atoms with van der Waals surface area (Å²) in [6, 6.07) is 80.5. The lowest BCUT2D eigenvalue weighted by Crippen LogP contribution is -2.01. The quantitative estimate of drug-likeness (QED) is 0.144. The minimum atomic E-state index is 0.595. The molecule has 0 saturated carbocycles. The second kappa shape index (κ2) is 16.0. The van der Waals surface area contributed by atoms with Crippen molar-refractivity contribution in [3.63, 3.8) is 0 Å². The van der Waals surface area contributed by atoms with Crippen LogP contribution in [0.2, 0.25) is 0 Å². The summed E-state index contributed by atoms with van der Waals surface area (Å²) in [7, 11) is 0. The second-order valence-corrected chi connectivity index (χ2v) is 15.4. The molecule has 4 heteroatoms. The fraction of sp³-hybridized carbons (Fsp3) is 0. The molecule has 0 fully saturated rings. The molecule has 11 aromatic rings. The zero-order valence-corrected chi connectivity index (χ0v) is 33.7. The fourth-order valence-electron chi connectivity index (χ4n) is 8.51. The third kappa shape index (κ3) is 7.00. The number of fused-ring (bicyclic) bond motifs is 3. The van der Waals surface area contributed by atoms with Crippen molar-refractivity contribution in [1.29, 1.82) is 0 Å². The third-order valence-corrected chi connectivity index (χ3v) is 11.5. The Morgan fingerprint density at radius 2 is 0.629 bits per heavy atom. The number of rotatable bonds is 8. The minimum Gasteiger partial charge on any atom is -0.246 e. The van der Waals surface area contributed by atoms with Crippen molar-refractivity contribution in [2.24, 2.45) is 0 Å². The molecule has 0 N–H and O–H groups in total. The Hall–Kier alpha value is -8.34. The number of hydrogen-bond donors (Lipinski definition) is 0. The Kier molecular flexibility index (Phi) is 9.49. The molecule has 9 aromatic carbocycles. The summed E-state index contributed by atoms with van der Waals surface area (Å²) < 4.78 is 0. The van der Waals surface area contributed by atoms with Crippen LogP contribution >= 0.6 is 0 Å². The van der Waals surface area contributed by atoms with Crippen LogP contribution in [-0.4, -0.2) is 19.9 Å². The molecule has 0 bridgehead atoms. The highest BCUT2D eigenvalue weighted by molar-refractivity contribution is 6.19. The SMILES string of the molecule is c1ccc(-c2cc(-c3ccccc3)cc(-c3nc(-c4ccccc4)nc(-c4cccc(-c5cccc6c5nc(-c5ccccc5)c5cccc(-c7ccccc7)c56)c4)n3)c2)cc1. The number of nitrogens with zero attached hydrogens (tertiary/aromatic N) is 4. The Morgan fingerprint density at radius 1 is 0.226 bits per heavy atom. The molecular weight excluding hydrogens is 753 g/mol. The van der Waals surface area contributed by atoms with Crippen LogP contribution in [0.15, 0.2) is 231 Å². The van der Waals surface area contributed by atoms with Crippen LogP contribution in [-0.2, 0) is 0 Å². The fourth-order valence-corrected chi connectivity index (χ4v) is 8.51. The molecule has 0 radical (unpaired) electrons. The standard InChI is InChI=1S/C58H38N4/c1-6-19-39(20-7-1)46-36-47(40-21-8-2-9-22-40)38-48(37-46)58-61-56(43-27-14-5-15-28-43)60-57(62-58)45-30-16-29-44(35-45)50-32-18-34-52-53-49(41-23-10-3-11-24-41)31-17-33-51(53)54(59-55(50)52)42-25-12-4-13-26-42/h1-38H. The van der Waals surface area contributed by atoms with Crippen molar-refractivity contribution in [2.75, 3.05) is 0 Å². The number of benzene rings is 9. The summed E-state index contributed by atoms with van der Waals surface area (Å²) in [5.41, 5.74) is 14.5. The number of para-hydroxylation sites is 1. The topological polar surface area (TPSA) is 51.6 Å². The zero-order valence-electron chi connectivity index (χ0n) is 33.7. The maximum atomic E-state index is 5.52. The van der Waals surface area contributed by atoms with Gasteiger partial charge >= 0.3 is 0 Å². The molecule has 0 aliphatic carbocycles. The smallest absolute Gasteiger partial charge is 0.164 e. The molecule has 0 aliphatic rings. The predicted octanol–water partition coefficient (Wildman–Crippen LogP) is 14.9. The van der Waals surface area contributed by atoms with Gasteiger partial charge in [0.05, 0.1) is 11.2 Å². The van der Waals surface area contributed by atoms with Gasteiger partial charge in [0.2, 0.25) is 0 Å². The van der Waals surface area contributed by atoms with Crippen LogP contribution in [0.5, 0.6) is 0 Å². The highest BCUT2D eigenvalue weighted by atomic mass is 15.0. The van der Waals surface area contributed by atoms with E-state index < -0.39 is 0 Å². The Balaban J connectivity index is 1.11. The lowest BCUT2D eigenvalue weighted by atomic mass is 9.91. The van der Waals surface area contributed by atoms with E-state index in [1.165, 1.54) is 16.5 Å². The molecule has 0 saturated heterocycles. The van der Waals surface area contributed by atoms with Crippen molar-refractivity contribution in [1.82, 2.24) is 19.9 Å². The van der Waals surface area contributed by atoms with Gasteiger partial charge in [0, 0.05) is 44.0 Å². The maximum absolute atomic E-state index is 5.52. The summed E-state index contributed by atoms with van der Waals surface area (Å²) in [5.74, 6) is 1.81. The summed E-state index contributed by atoms with van der Waals surface area (Å²) in [5, 5.41) is 3.40. The molecule has 2 heterocycles. The lowest BCUT2D eigenvalue weighted by molar-refractivity contribution is 1.07. The van der Waals surface area contributed by atoms with Crippen molar-refractivity contribution in [3.8, 4) is 89.9 Å². The van der Waals surface area contributed by atoms with Crippen molar-refractivity contribution >= 4 is 21.7 Å². The van der Waals surface area contributed by atoms with Crippen LogP contribution in [0.25, 0.3) is 112 Å². The van der Waals surface area contributed by atoms with E-state index in [1.54, 1.807) is 0 Å². The Bertz CT molecular complexity index is 3310.